The van der Waals surface area contributed by atoms with E-state index in [2.05, 4.69) is 112 Å². The maximum absolute atomic E-state index is 13.1. The molecule has 0 aliphatic carbocycles. The molecule has 2 aromatic heterocycles. The molecule has 8 rings (SSSR count). The zero-order chi connectivity index (χ0) is 46.8. The Balaban J connectivity index is 0.000000196. The van der Waals surface area contributed by atoms with Crippen LogP contribution in [0.3, 0.4) is 0 Å². The Kier molecular flexibility index (Phi) is 15.7. The van der Waals surface area contributed by atoms with Crippen LogP contribution in [0.25, 0.3) is 22.5 Å². The molecule has 0 unspecified atom stereocenters. The van der Waals surface area contributed by atoms with Gasteiger partial charge in [-0.2, -0.15) is 0 Å². The second kappa shape index (κ2) is 21.6. The molecule has 0 bridgehead atoms. The lowest BCUT2D eigenvalue weighted by molar-refractivity contribution is -0.157. The van der Waals surface area contributed by atoms with Gasteiger partial charge in [0.05, 0.1) is 35.7 Å². The minimum Gasteiger partial charge on any atom is -0.367 e. The third-order valence-corrected chi connectivity index (χ3v) is 12.2. The quantitative estimate of drug-likeness (QED) is 0.111. The molecule has 2 aliphatic rings. The number of hydrogen-bond donors (Lipinski definition) is 2. The van der Waals surface area contributed by atoms with Gasteiger partial charge in [-0.25, -0.2) is 9.97 Å². The maximum atomic E-state index is 13.1. The SMILES string of the molecule is CC(C)(C)[C@H](c1nc(-c2ccccc2)cn1Cc1ccccc1)N1C[C@@H](CCN)OCC1=O.CC(C)(C)[C@H](c1nc(-c2ccccc2)cn1Cc1ccccc1)N1C[C@H](CCN)OCC1=O. The minimum atomic E-state index is -0.228. The largest absolute Gasteiger partial charge is 0.367 e. The van der Waals surface area contributed by atoms with E-state index in [0.717, 1.165) is 47.0 Å². The number of carbonyl (C=O) groups is 2. The molecule has 12 nitrogen and oxygen atoms in total. The first-order chi connectivity index (χ1) is 31.7. The molecule has 4 atom stereocenters. The molecule has 2 saturated heterocycles. The number of nitrogens with zero attached hydrogens (tertiary/aromatic N) is 6. The van der Waals surface area contributed by atoms with Crippen molar-refractivity contribution >= 4 is 11.8 Å². The molecule has 66 heavy (non-hydrogen) atoms. The molecule has 12 heteroatoms. The number of benzene rings is 4. The van der Waals surface area contributed by atoms with Crippen LogP contribution in [-0.2, 0) is 32.2 Å². The highest BCUT2D eigenvalue weighted by Gasteiger charge is 2.43. The van der Waals surface area contributed by atoms with Crippen LogP contribution in [0.15, 0.2) is 134 Å². The Bertz CT molecular complexity index is 2290. The summed E-state index contributed by atoms with van der Waals surface area (Å²) >= 11 is 0. The number of rotatable bonds is 14. The van der Waals surface area contributed by atoms with Crippen molar-refractivity contribution in [3.05, 3.63) is 156 Å². The van der Waals surface area contributed by atoms with Gasteiger partial charge in [-0.05, 0) is 47.9 Å². The van der Waals surface area contributed by atoms with Gasteiger partial charge in [-0.15, -0.1) is 0 Å². The van der Waals surface area contributed by atoms with Crippen molar-refractivity contribution < 1.29 is 19.1 Å². The van der Waals surface area contributed by atoms with Crippen molar-refractivity contribution in [1.82, 2.24) is 28.9 Å². The summed E-state index contributed by atoms with van der Waals surface area (Å²) in [7, 11) is 0. The van der Waals surface area contributed by atoms with Crippen LogP contribution in [-0.4, -0.2) is 92.3 Å². The topological polar surface area (TPSA) is 147 Å². The van der Waals surface area contributed by atoms with Gasteiger partial charge in [0.2, 0.25) is 11.8 Å². The first-order valence-electron chi connectivity index (χ1n) is 23.3. The van der Waals surface area contributed by atoms with Crippen LogP contribution in [0.2, 0.25) is 0 Å². The van der Waals surface area contributed by atoms with Gasteiger partial charge in [-0.3, -0.25) is 9.59 Å². The second-order valence-electron chi connectivity index (χ2n) is 19.6. The summed E-state index contributed by atoms with van der Waals surface area (Å²) in [6.07, 6.45) is 5.58. The number of hydrogen-bond acceptors (Lipinski definition) is 8. The van der Waals surface area contributed by atoms with E-state index < -0.39 is 0 Å². The minimum absolute atomic E-state index is 0.00119. The Morgan fingerprint density at radius 2 is 0.879 bits per heavy atom. The molecular formula is C54H68N8O4. The van der Waals surface area contributed by atoms with Crippen molar-refractivity contribution in [2.24, 2.45) is 22.3 Å². The summed E-state index contributed by atoms with van der Waals surface area (Å²) in [5.74, 6) is 1.79. The van der Waals surface area contributed by atoms with Crippen LogP contribution in [0.1, 0.15) is 89.2 Å². The smallest absolute Gasteiger partial charge is 0.249 e. The average Bonchev–Trinajstić information content (AvgIpc) is 3.90. The Morgan fingerprint density at radius 3 is 1.20 bits per heavy atom. The van der Waals surface area contributed by atoms with Crippen molar-refractivity contribution in [1.29, 1.82) is 0 Å². The molecule has 2 aliphatic heterocycles. The van der Waals surface area contributed by atoms with Crippen molar-refractivity contribution in [3.8, 4) is 22.5 Å². The molecule has 4 N–H and O–H groups in total. The average molecular weight is 893 g/mol. The molecule has 2 amide bonds. The van der Waals surface area contributed by atoms with E-state index >= 15 is 0 Å². The zero-order valence-corrected chi connectivity index (χ0v) is 39.6. The highest BCUT2D eigenvalue weighted by molar-refractivity contribution is 5.79. The fourth-order valence-electron chi connectivity index (χ4n) is 9.11. The summed E-state index contributed by atoms with van der Waals surface area (Å²) in [5, 5.41) is 0. The number of amides is 2. The van der Waals surface area contributed by atoms with Crippen LogP contribution in [0.4, 0.5) is 0 Å². The lowest BCUT2D eigenvalue weighted by Crippen LogP contribution is -2.52. The Hall–Kier alpha value is -5.92. The van der Waals surface area contributed by atoms with Gasteiger partial charge in [0.25, 0.3) is 0 Å². The first kappa shape index (κ1) is 48.0. The number of ether oxygens (including phenoxy) is 2. The molecule has 2 fully saturated rings. The van der Waals surface area contributed by atoms with E-state index in [-0.39, 0.29) is 60.1 Å². The summed E-state index contributed by atoms with van der Waals surface area (Å²) in [6, 6.07) is 40.7. The molecule has 348 valence electrons. The predicted octanol–water partition coefficient (Wildman–Crippen LogP) is 8.52. The normalized spacial score (nSPS) is 17.9. The monoisotopic (exact) mass is 893 g/mol. The summed E-state index contributed by atoms with van der Waals surface area (Å²) in [4.78, 5) is 40.3. The highest BCUT2D eigenvalue weighted by atomic mass is 16.5. The number of carbonyl (C=O) groups excluding carboxylic acids is 2. The molecule has 4 aromatic carbocycles. The lowest BCUT2D eigenvalue weighted by atomic mass is 9.84. The fraction of sp³-hybridized carbons (Fsp3) is 0.407. The van der Waals surface area contributed by atoms with E-state index in [1.807, 2.05) is 82.6 Å². The fourth-order valence-corrected chi connectivity index (χ4v) is 9.11. The van der Waals surface area contributed by atoms with Gasteiger partial charge in [-0.1, -0.05) is 163 Å². The third-order valence-electron chi connectivity index (χ3n) is 12.2. The molecule has 4 heterocycles. The highest BCUT2D eigenvalue weighted by Crippen LogP contribution is 2.42. The van der Waals surface area contributed by atoms with Gasteiger partial charge < -0.3 is 39.9 Å². The van der Waals surface area contributed by atoms with E-state index in [0.29, 0.717) is 39.3 Å². The van der Waals surface area contributed by atoms with Crippen molar-refractivity contribution in [2.75, 3.05) is 39.4 Å². The Morgan fingerprint density at radius 1 is 0.545 bits per heavy atom. The Labute approximate surface area is 390 Å². The molecular weight excluding hydrogens is 825 g/mol. The third kappa shape index (κ3) is 11.9. The van der Waals surface area contributed by atoms with Gasteiger partial charge in [0.15, 0.2) is 0 Å². The van der Waals surface area contributed by atoms with Crippen molar-refractivity contribution in [3.63, 3.8) is 0 Å². The number of nitrogens with two attached hydrogens (primary N) is 2. The molecule has 0 saturated carbocycles. The van der Waals surface area contributed by atoms with Crippen molar-refractivity contribution in [2.45, 2.75) is 91.8 Å². The van der Waals surface area contributed by atoms with Crippen LogP contribution in [0, 0.1) is 10.8 Å². The number of aromatic nitrogens is 4. The van der Waals surface area contributed by atoms with Gasteiger partial charge in [0, 0.05) is 49.7 Å². The standard InChI is InChI=1S/2C27H34N4O2/c2*1-27(2,3)25(31-17-22(14-15-28)33-19-24(31)32)26-29-23(21-12-8-5-9-13-21)18-30(26)16-20-10-6-4-7-11-20/h2*4-13,18,22,25H,14-17,19,28H2,1-3H3/t22-,25+;22-,25-/m10/s1. The van der Waals surface area contributed by atoms with Crippen LogP contribution < -0.4 is 11.5 Å². The first-order valence-corrected chi connectivity index (χ1v) is 23.3. The van der Waals surface area contributed by atoms with Gasteiger partial charge >= 0.3 is 0 Å². The van der Waals surface area contributed by atoms with E-state index in [4.69, 9.17) is 30.9 Å². The van der Waals surface area contributed by atoms with E-state index in [1.54, 1.807) is 0 Å². The summed E-state index contributed by atoms with van der Waals surface area (Å²) in [5.41, 5.74) is 17.5. The second-order valence-corrected chi connectivity index (χ2v) is 19.6. The molecule has 0 radical (unpaired) electrons. The summed E-state index contributed by atoms with van der Waals surface area (Å²) < 4.78 is 15.9. The van der Waals surface area contributed by atoms with E-state index in [1.165, 1.54) is 11.1 Å². The van der Waals surface area contributed by atoms with E-state index in [9.17, 15) is 9.59 Å². The summed E-state index contributed by atoms with van der Waals surface area (Å²) in [6.45, 7) is 16.7. The molecule has 6 aromatic rings. The van der Waals surface area contributed by atoms with Crippen LogP contribution in [0.5, 0.6) is 0 Å². The molecule has 0 spiro atoms. The van der Waals surface area contributed by atoms with Gasteiger partial charge in [0.1, 0.15) is 24.9 Å². The predicted molar refractivity (Wildman–Crippen MR) is 261 cm³/mol. The maximum Gasteiger partial charge on any atom is 0.249 e. The number of imidazole rings is 2. The van der Waals surface area contributed by atoms with Crippen LogP contribution >= 0.6 is 0 Å². The number of morpholine rings is 2. The lowest BCUT2D eigenvalue weighted by Gasteiger charge is -2.43. The zero-order valence-electron chi connectivity index (χ0n) is 39.6.